The standard InChI is InChI=1S/C14H19N5O4S.H2S/c1-11(13-15-10-19(17-13)24(21,22)18(2)3)16-14(20)23-9-12-7-5-4-6-8-12;/h4-8,10-11H,9H2,1-3H3,(H,16,20);1H2/t11-;/m0./s1. The van der Waals surface area contributed by atoms with E-state index < -0.39 is 22.3 Å². The Morgan fingerprint density at radius 2 is 1.96 bits per heavy atom. The van der Waals surface area contributed by atoms with Crippen LogP contribution >= 0.6 is 13.5 Å². The summed E-state index contributed by atoms with van der Waals surface area (Å²) in [6.07, 6.45) is 0.441. The van der Waals surface area contributed by atoms with Crippen LogP contribution in [0.5, 0.6) is 0 Å². The van der Waals surface area contributed by atoms with Gasteiger partial charge in [0.25, 0.3) is 0 Å². The first-order chi connectivity index (χ1) is 11.3. The molecule has 1 atom stereocenters. The molecule has 2 rings (SSSR count). The SMILES string of the molecule is C[C@H](NC(=O)OCc1ccccc1)c1ncn(S(=O)(=O)N(C)C)n1.S. The maximum atomic E-state index is 11.9. The first-order valence-electron chi connectivity index (χ1n) is 7.12. The number of nitrogens with zero attached hydrogens (tertiary/aromatic N) is 4. The van der Waals surface area contributed by atoms with Crippen LogP contribution in [-0.4, -0.2) is 47.1 Å². The van der Waals surface area contributed by atoms with E-state index in [0.29, 0.717) is 0 Å². The minimum Gasteiger partial charge on any atom is -0.445 e. The molecule has 0 unspecified atom stereocenters. The first-order valence-corrected chi connectivity index (χ1v) is 8.52. The molecule has 1 N–H and O–H groups in total. The quantitative estimate of drug-likeness (QED) is 0.793. The molecule has 1 amide bonds. The molecule has 1 heterocycles. The zero-order chi connectivity index (χ0) is 17.7. The number of aromatic nitrogens is 3. The predicted octanol–water partition coefficient (Wildman–Crippen LogP) is 1.03. The Hall–Kier alpha value is -2.11. The fraction of sp³-hybridized carbons (Fsp3) is 0.357. The van der Waals surface area contributed by atoms with Gasteiger partial charge in [-0.2, -0.15) is 26.2 Å². The van der Waals surface area contributed by atoms with Crippen molar-refractivity contribution < 1.29 is 17.9 Å². The molecule has 0 radical (unpaired) electrons. The van der Waals surface area contributed by atoms with Crippen molar-refractivity contribution in [3.8, 4) is 0 Å². The summed E-state index contributed by atoms with van der Waals surface area (Å²) in [5, 5.41) is 6.43. The Kier molecular flexibility index (Phi) is 7.39. The fourth-order valence-corrected chi connectivity index (χ4v) is 2.43. The Morgan fingerprint density at radius 1 is 1.32 bits per heavy atom. The van der Waals surface area contributed by atoms with Gasteiger partial charge in [0.05, 0.1) is 6.04 Å². The van der Waals surface area contributed by atoms with Crippen LogP contribution in [-0.2, 0) is 21.6 Å². The number of alkyl carbamates (subject to hydrolysis) is 1. The van der Waals surface area contributed by atoms with Crippen LogP contribution in [0, 0.1) is 0 Å². The number of hydrogen-bond donors (Lipinski definition) is 1. The highest BCUT2D eigenvalue weighted by Gasteiger charge is 2.21. The van der Waals surface area contributed by atoms with Crippen molar-refractivity contribution in [2.24, 2.45) is 0 Å². The highest BCUT2D eigenvalue weighted by atomic mass is 32.2. The summed E-state index contributed by atoms with van der Waals surface area (Å²) >= 11 is 0. The molecule has 1 aromatic carbocycles. The van der Waals surface area contributed by atoms with E-state index in [9.17, 15) is 13.2 Å². The van der Waals surface area contributed by atoms with Gasteiger partial charge in [-0.3, -0.25) is 0 Å². The Bertz CT molecular complexity index is 793. The third kappa shape index (κ3) is 5.44. The number of ether oxygens (including phenoxy) is 1. The molecule has 0 spiro atoms. The van der Waals surface area contributed by atoms with Gasteiger partial charge in [0.2, 0.25) is 0 Å². The van der Waals surface area contributed by atoms with Crippen molar-refractivity contribution in [1.29, 1.82) is 0 Å². The number of carbonyl (C=O) groups excluding carboxylic acids is 1. The summed E-state index contributed by atoms with van der Waals surface area (Å²) < 4.78 is 30.7. The summed E-state index contributed by atoms with van der Waals surface area (Å²) in [7, 11) is -0.955. The summed E-state index contributed by atoms with van der Waals surface area (Å²) in [6, 6.07) is 8.64. The molecule has 9 nitrogen and oxygen atoms in total. The minimum atomic E-state index is -3.73. The van der Waals surface area contributed by atoms with Crippen molar-refractivity contribution in [1.82, 2.24) is 23.8 Å². The zero-order valence-corrected chi connectivity index (χ0v) is 15.9. The average Bonchev–Trinajstić information content (AvgIpc) is 3.04. The first kappa shape index (κ1) is 20.9. The van der Waals surface area contributed by atoms with Crippen LogP contribution in [0.2, 0.25) is 0 Å². The molecular formula is C14H21N5O4S2. The van der Waals surface area contributed by atoms with Crippen molar-refractivity contribution in [2.45, 2.75) is 19.6 Å². The maximum absolute atomic E-state index is 11.9. The Labute approximate surface area is 153 Å². The predicted molar refractivity (Wildman–Crippen MR) is 96.6 cm³/mol. The molecule has 0 saturated heterocycles. The monoisotopic (exact) mass is 387 g/mol. The summed E-state index contributed by atoms with van der Waals surface area (Å²) in [4.78, 5) is 15.7. The lowest BCUT2D eigenvalue weighted by Gasteiger charge is -2.12. The van der Waals surface area contributed by atoms with Crippen molar-refractivity contribution in [3.63, 3.8) is 0 Å². The largest absolute Gasteiger partial charge is 0.445 e. The summed E-state index contributed by atoms with van der Waals surface area (Å²) in [5.41, 5.74) is 0.861. The molecule has 0 bridgehead atoms. The number of hydrogen-bond acceptors (Lipinski definition) is 6. The van der Waals surface area contributed by atoms with Crippen LogP contribution in [0.3, 0.4) is 0 Å². The molecule has 0 aliphatic heterocycles. The Morgan fingerprint density at radius 3 is 2.56 bits per heavy atom. The minimum absolute atomic E-state index is 0. The fourth-order valence-electron chi connectivity index (χ4n) is 1.74. The number of rotatable bonds is 6. The number of amides is 1. The topological polar surface area (TPSA) is 106 Å². The lowest BCUT2D eigenvalue weighted by molar-refractivity contribution is 0.136. The number of nitrogens with one attached hydrogen (secondary N) is 1. The lowest BCUT2D eigenvalue weighted by atomic mass is 10.2. The van der Waals surface area contributed by atoms with Gasteiger partial charge >= 0.3 is 16.3 Å². The molecular weight excluding hydrogens is 366 g/mol. The van der Waals surface area contributed by atoms with E-state index in [1.165, 1.54) is 14.1 Å². The van der Waals surface area contributed by atoms with Gasteiger partial charge in [0.1, 0.15) is 12.9 Å². The van der Waals surface area contributed by atoms with E-state index >= 15 is 0 Å². The number of benzene rings is 1. The molecule has 25 heavy (non-hydrogen) atoms. The maximum Gasteiger partial charge on any atom is 0.408 e. The highest BCUT2D eigenvalue weighted by molar-refractivity contribution is 7.87. The van der Waals surface area contributed by atoms with Crippen molar-refractivity contribution >= 4 is 29.8 Å². The van der Waals surface area contributed by atoms with Gasteiger partial charge < -0.3 is 10.1 Å². The van der Waals surface area contributed by atoms with Crippen LogP contribution in [0.4, 0.5) is 4.79 Å². The summed E-state index contributed by atoms with van der Waals surface area (Å²) in [6.45, 7) is 1.77. The highest BCUT2D eigenvalue weighted by Crippen LogP contribution is 2.09. The van der Waals surface area contributed by atoms with Gasteiger partial charge in [0, 0.05) is 14.1 Å². The molecule has 11 heteroatoms. The van der Waals surface area contributed by atoms with Crippen molar-refractivity contribution in [3.05, 3.63) is 48.0 Å². The molecule has 0 saturated carbocycles. The lowest BCUT2D eigenvalue weighted by Crippen LogP contribution is -2.30. The van der Waals surface area contributed by atoms with Gasteiger partial charge in [0.15, 0.2) is 5.82 Å². The van der Waals surface area contributed by atoms with Gasteiger partial charge in [-0.15, -0.1) is 9.19 Å². The van der Waals surface area contributed by atoms with Crippen LogP contribution < -0.4 is 5.32 Å². The zero-order valence-electron chi connectivity index (χ0n) is 14.1. The van der Waals surface area contributed by atoms with E-state index in [4.69, 9.17) is 4.74 Å². The average molecular weight is 387 g/mol. The van der Waals surface area contributed by atoms with Crippen molar-refractivity contribution in [2.75, 3.05) is 14.1 Å². The van der Waals surface area contributed by atoms with Crippen LogP contribution in [0.15, 0.2) is 36.7 Å². The number of carbonyl (C=O) groups is 1. The van der Waals surface area contributed by atoms with Gasteiger partial charge in [-0.25, -0.2) is 9.78 Å². The van der Waals surface area contributed by atoms with Gasteiger partial charge in [-0.1, -0.05) is 30.3 Å². The second-order valence-electron chi connectivity index (χ2n) is 5.19. The second kappa shape index (κ2) is 8.83. The molecule has 2 aromatic rings. The molecule has 0 aliphatic carbocycles. The van der Waals surface area contributed by atoms with E-state index in [-0.39, 0.29) is 25.9 Å². The van der Waals surface area contributed by atoms with E-state index in [2.05, 4.69) is 15.4 Å². The van der Waals surface area contributed by atoms with Crippen LogP contribution in [0.1, 0.15) is 24.4 Å². The Balaban J connectivity index is 0.00000312. The third-order valence-corrected chi connectivity index (χ3v) is 4.69. The molecule has 1 aromatic heterocycles. The van der Waals surface area contributed by atoms with E-state index in [1.54, 1.807) is 6.92 Å². The molecule has 0 aliphatic rings. The van der Waals surface area contributed by atoms with E-state index in [1.807, 2.05) is 30.3 Å². The normalized spacial score (nSPS) is 12.3. The molecule has 138 valence electrons. The smallest absolute Gasteiger partial charge is 0.408 e. The molecule has 0 fully saturated rings. The van der Waals surface area contributed by atoms with Gasteiger partial charge in [-0.05, 0) is 12.5 Å². The van der Waals surface area contributed by atoms with Crippen LogP contribution in [0.25, 0.3) is 0 Å². The summed E-state index contributed by atoms with van der Waals surface area (Å²) in [5.74, 6) is 0.164. The van der Waals surface area contributed by atoms with E-state index in [0.717, 1.165) is 20.3 Å². The third-order valence-electron chi connectivity index (χ3n) is 3.12. The second-order valence-corrected chi connectivity index (χ2v) is 7.19.